The lowest BCUT2D eigenvalue weighted by Gasteiger charge is -1.97. The van der Waals surface area contributed by atoms with Crippen molar-refractivity contribution in [1.29, 1.82) is 0 Å². The molecule has 1 nitrogen and oxygen atoms in total. The van der Waals surface area contributed by atoms with Crippen LogP contribution in [0.1, 0.15) is 11.1 Å². The second-order valence-corrected chi connectivity index (χ2v) is 6.08. The Morgan fingerprint density at radius 2 is 1.14 bits per heavy atom. The molecule has 0 saturated carbocycles. The maximum absolute atomic E-state index is 4.52. The van der Waals surface area contributed by atoms with E-state index < -0.39 is 0 Å². The molecule has 0 aliphatic heterocycles. The smallest absolute Gasteiger partial charge is 0.0730 e. The van der Waals surface area contributed by atoms with Gasteiger partial charge < -0.3 is 0 Å². The number of hydrogen-bond donors (Lipinski definition) is 0. The molecule has 0 saturated heterocycles. The van der Waals surface area contributed by atoms with E-state index in [4.69, 9.17) is 0 Å². The van der Waals surface area contributed by atoms with Crippen molar-refractivity contribution in [3.63, 3.8) is 0 Å². The van der Waals surface area contributed by atoms with E-state index in [2.05, 4.69) is 75.3 Å². The van der Waals surface area contributed by atoms with Gasteiger partial charge in [-0.15, -0.1) is 0 Å². The lowest BCUT2D eigenvalue weighted by molar-refractivity contribution is 1.53. The molecular formula is C20H12BrN. The minimum absolute atomic E-state index is 0.901. The summed E-state index contributed by atoms with van der Waals surface area (Å²) in [6.07, 6.45) is 0. The monoisotopic (exact) mass is 345 g/mol. The molecule has 0 unspecified atom stereocenters. The Kier molecular flexibility index (Phi) is 3.27. The van der Waals surface area contributed by atoms with Crippen molar-refractivity contribution in [2.75, 3.05) is 0 Å². The van der Waals surface area contributed by atoms with Crippen LogP contribution in [0, 0.1) is 0 Å². The van der Waals surface area contributed by atoms with Crippen molar-refractivity contribution >= 4 is 33.1 Å². The van der Waals surface area contributed by atoms with Crippen LogP contribution in [0.3, 0.4) is 0 Å². The summed E-state index contributed by atoms with van der Waals surface area (Å²) in [6.45, 7) is 0. The normalized spacial score (nSPS) is 11.6. The van der Waals surface area contributed by atoms with Crippen LogP contribution < -0.4 is 0 Å². The van der Waals surface area contributed by atoms with Crippen molar-refractivity contribution in [3.05, 3.63) is 88.4 Å². The third kappa shape index (κ3) is 2.23. The minimum Gasteiger partial charge on any atom is -0.206 e. The fourth-order valence-corrected chi connectivity index (χ4v) is 3.04. The number of fused-ring (bicyclic) bond motifs is 3. The Morgan fingerprint density at radius 1 is 0.636 bits per heavy atom. The summed E-state index contributed by atoms with van der Waals surface area (Å²) in [4.78, 5) is 4.52. The molecule has 0 heterocycles. The Labute approximate surface area is 137 Å². The largest absolute Gasteiger partial charge is 0.206 e. The molecule has 0 N–H and O–H groups in total. The topological polar surface area (TPSA) is 12.4 Å². The van der Waals surface area contributed by atoms with Crippen LogP contribution in [0.15, 0.2) is 82.3 Å². The summed E-state index contributed by atoms with van der Waals surface area (Å²) in [5, 5.41) is 0. The first-order valence-corrected chi connectivity index (χ1v) is 7.91. The maximum atomic E-state index is 4.52. The van der Waals surface area contributed by atoms with Gasteiger partial charge in [-0.25, -0.2) is 4.99 Å². The van der Waals surface area contributed by atoms with Crippen LogP contribution in [0.25, 0.3) is 16.7 Å². The first-order chi connectivity index (χ1) is 10.8. The van der Waals surface area contributed by atoms with E-state index >= 15 is 0 Å². The molecule has 3 aromatic rings. The zero-order chi connectivity index (χ0) is 14.9. The van der Waals surface area contributed by atoms with Gasteiger partial charge >= 0.3 is 0 Å². The number of halogens is 1. The molecule has 0 amide bonds. The lowest BCUT2D eigenvalue weighted by Crippen LogP contribution is -1.81. The van der Waals surface area contributed by atoms with Crippen molar-refractivity contribution < 1.29 is 0 Å². The van der Waals surface area contributed by atoms with Crippen LogP contribution in [0.5, 0.6) is 0 Å². The zero-order valence-corrected chi connectivity index (χ0v) is 13.3. The lowest BCUT2D eigenvalue weighted by atomic mass is 10.1. The van der Waals surface area contributed by atoms with E-state index in [1.165, 1.54) is 22.3 Å². The maximum Gasteiger partial charge on any atom is 0.0730 e. The van der Waals surface area contributed by atoms with Crippen molar-refractivity contribution in [2.24, 2.45) is 4.99 Å². The number of aliphatic imine (C=N–C) groups is 1. The molecule has 1 aliphatic carbocycles. The Balaban J connectivity index is 1.91. The third-order valence-corrected chi connectivity index (χ3v) is 4.34. The SMILES string of the molecule is Brc1ccc(N=C=C2c3ccccc3-c3ccccc32)cc1. The van der Waals surface area contributed by atoms with Crippen LogP contribution >= 0.6 is 15.9 Å². The van der Waals surface area contributed by atoms with Crippen LogP contribution in [-0.4, -0.2) is 5.87 Å². The summed E-state index contributed by atoms with van der Waals surface area (Å²) in [5.74, 6) is 3.26. The Hall–Kier alpha value is -2.41. The van der Waals surface area contributed by atoms with E-state index in [1.807, 2.05) is 24.3 Å². The van der Waals surface area contributed by atoms with Gasteiger partial charge in [-0.05, 0) is 52.4 Å². The molecule has 1 aliphatic rings. The van der Waals surface area contributed by atoms with Crippen LogP contribution in [-0.2, 0) is 0 Å². The average Bonchev–Trinajstić information content (AvgIpc) is 2.89. The molecule has 0 bridgehead atoms. The molecule has 0 radical (unpaired) electrons. The zero-order valence-electron chi connectivity index (χ0n) is 11.8. The Bertz CT molecular complexity index is 869. The first-order valence-electron chi connectivity index (χ1n) is 7.11. The highest BCUT2D eigenvalue weighted by Crippen LogP contribution is 2.42. The van der Waals surface area contributed by atoms with Crippen LogP contribution in [0.4, 0.5) is 5.69 Å². The Morgan fingerprint density at radius 3 is 1.68 bits per heavy atom. The molecule has 2 heteroatoms. The van der Waals surface area contributed by atoms with Gasteiger partial charge in [-0.3, -0.25) is 0 Å². The second kappa shape index (κ2) is 5.42. The molecule has 22 heavy (non-hydrogen) atoms. The van der Waals surface area contributed by atoms with E-state index in [1.54, 1.807) is 0 Å². The summed E-state index contributed by atoms with van der Waals surface area (Å²) >= 11 is 3.44. The average molecular weight is 346 g/mol. The van der Waals surface area contributed by atoms with Gasteiger partial charge in [0, 0.05) is 4.47 Å². The highest BCUT2D eigenvalue weighted by atomic mass is 79.9. The fourth-order valence-electron chi connectivity index (χ4n) is 2.77. The van der Waals surface area contributed by atoms with Gasteiger partial charge in [0.2, 0.25) is 0 Å². The summed E-state index contributed by atoms with van der Waals surface area (Å²) in [6, 6.07) is 24.8. The number of benzene rings is 3. The molecule has 0 atom stereocenters. The van der Waals surface area contributed by atoms with Gasteiger partial charge in [0.15, 0.2) is 0 Å². The van der Waals surface area contributed by atoms with Crippen molar-refractivity contribution in [1.82, 2.24) is 0 Å². The summed E-state index contributed by atoms with van der Waals surface area (Å²) < 4.78 is 1.05. The van der Waals surface area contributed by atoms with Crippen molar-refractivity contribution in [3.8, 4) is 11.1 Å². The molecule has 4 rings (SSSR count). The standard InChI is InChI=1S/C20H12BrN/c21-14-9-11-15(12-10-14)22-13-20-18-7-3-1-5-16(18)17-6-2-4-8-19(17)20/h1-12H. The molecule has 104 valence electrons. The van der Waals surface area contributed by atoms with Gasteiger partial charge in [0.25, 0.3) is 0 Å². The predicted octanol–water partition coefficient (Wildman–Crippen LogP) is 5.86. The molecule has 0 aromatic heterocycles. The van der Waals surface area contributed by atoms with Gasteiger partial charge in [-0.1, -0.05) is 64.5 Å². The van der Waals surface area contributed by atoms with E-state index in [0.29, 0.717) is 0 Å². The predicted molar refractivity (Wildman–Crippen MR) is 95.6 cm³/mol. The van der Waals surface area contributed by atoms with E-state index in [0.717, 1.165) is 15.7 Å². The first kappa shape index (κ1) is 13.3. The quantitative estimate of drug-likeness (QED) is 0.383. The molecular weight excluding hydrogens is 334 g/mol. The molecule has 0 spiro atoms. The minimum atomic E-state index is 0.901. The highest BCUT2D eigenvalue weighted by molar-refractivity contribution is 9.10. The third-order valence-electron chi connectivity index (χ3n) is 3.81. The second-order valence-electron chi connectivity index (χ2n) is 5.17. The van der Waals surface area contributed by atoms with E-state index in [-0.39, 0.29) is 0 Å². The van der Waals surface area contributed by atoms with Gasteiger partial charge in [0.05, 0.1) is 11.3 Å². The van der Waals surface area contributed by atoms with Crippen molar-refractivity contribution in [2.45, 2.75) is 0 Å². The molecule has 0 fully saturated rings. The molecule has 3 aromatic carbocycles. The van der Waals surface area contributed by atoms with Gasteiger partial charge in [0.1, 0.15) is 0 Å². The summed E-state index contributed by atoms with van der Waals surface area (Å²) in [5.41, 5.74) is 6.87. The van der Waals surface area contributed by atoms with Crippen LogP contribution in [0.2, 0.25) is 0 Å². The van der Waals surface area contributed by atoms with E-state index in [9.17, 15) is 0 Å². The number of rotatable bonds is 1. The van der Waals surface area contributed by atoms with Gasteiger partial charge in [-0.2, -0.15) is 0 Å². The summed E-state index contributed by atoms with van der Waals surface area (Å²) in [7, 11) is 0. The fraction of sp³-hybridized carbons (Fsp3) is 0. The number of nitrogens with zero attached hydrogens (tertiary/aromatic N) is 1. The number of hydrogen-bond acceptors (Lipinski definition) is 1. The highest BCUT2D eigenvalue weighted by Gasteiger charge is 2.22.